The Balaban J connectivity index is 1.86. The van der Waals surface area contributed by atoms with Gasteiger partial charge in [0.2, 0.25) is 12.1 Å². The number of carboxylic acid groups (broad SMARTS) is 1. The predicted molar refractivity (Wildman–Crippen MR) is 100 cm³/mol. The van der Waals surface area contributed by atoms with Crippen LogP contribution in [0.25, 0.3) is 0 Å². The summed E-state index contributed by atoms with van der Waals surface area (Å²) >= 11 is 2.11. The summed E-state index contributed by atoms with van der Waals surface area (Å²) in [5.74, 6) is -4.45. The Hall–Kier alpha value is -2.58. The quantitative estimate of drug-likeness (QED) is 0.342. The molecule has 9 nitrogen and oxygen atoms in total. The zero-order chi connectivity index (χ0) is 22.9. The largest absolute Gasteiger partial charge is 0.523 e. The van der Waals surface area contributed by atoms with Crippen LogP contribution in [0.3, 0.4) is 0 Å². The second-order valence-corrected chi connectivity index (χ2v) is 8.52. The molecule has 0 aromatic carbocycles. The topological polar surface area (TPSA) is 122 Å². The molecule has 0 saturated carbocycles. The molecule has 2 N–H and O–H groups in total. The summed E-state index contributed by atoms with van der Waals surface area (Å²) < 4.78 is 46.4. The number of thioether (sulfide) groups is 1. The Morgan fingerprint density at radius 2 is 2.10 bits per heavy atom. The van der Waals surface area contributed by atoms with E-state index >= 15 is 0 Å². The zero-order valence-electron chi connectivity index (χ0n) is 15.7. The van der Waals surface area contributed by atoms with Crippen molar-refractivity contribution in [3.8, 4) is 0 Å². The van der Waals surface area contributed by atoms with Gasteiger partial charge in [0.25, 0.3) is 5.91 Å². The Bertz CT molecular complexity index is 933. The number of halogens is 3. The first-order valence-electron chi connectivity index (χ1n) is 8.62. The SMILES string of the molecule is CC(=O)OC(NC(=O)Cc1cccs1)C1=C(C(=O)O)N2C(=O)[C@H](OC(F)(F)F)[C@H]2SC1. The lowest BCUT2D eigenvalue weighted by molar-refractivity contribution is -0.347. The summed E-state index contributed by atoms with van der Waals surface area (Å²) in [4.78, 5) is 49.3. The van der Waals surface area contributed by atoms with Gasteiger partial charge in [-0.3, -0.25) is 24.0 Å². The van der Waals surface area contributed by atoms with Crippen LogP contribution >= 0.6 is 23.1 Å². The molecule has 0 spiro atoms. The smallest absolute Gasteiger partial charge is 0.477 e. The molecule has 0 aliphatic carbocycles. The summed E-state index contributed by atoms with van der Waals surface area (Å²) in [6.45, 7) is 1.04. The van der Waals surface area contributed by atoms with Crippen LogP contribution in [-0.4, -0.2) is 63.6 Å². The second kappa shape index (κ2) is 8.88. The molecule has 168 valence electrons. The van der Waals surface area contributed by atoms with Crippen molar-refractivity contribution < 1.29 is 46.9 Å². The maximum atomic E-state index is 12.5. The molecule has 3 heterocycles. The first-order valence-corrected chi connectivity index (χ1v) is 10.6. The number of thiophene rings is 1. The molecule has 2 aliphatic heterocycles. The lowest BCUT2D eigenvalue weighted by Gasteiger charge is -2.49. The van der Waals surface area contributed by atoms with Gasteiger partial charge in [0.15, 0.2) is 6.10 Å². The molecule has 2 amide bonds. The first kappa shape index (κ1) is 23.1. The predicted octanol–water partition coefficient (Wildman–Crippen LogP) is 1.45. The summed E-state index contributed by atoms with van der Waals surface area (Å²) in [7, 11) is 0. The molecule has 1 aromatic rings. The standard InChI is InChI=1S/C17H15F3N2O7S2/c1-7(23)28-13(21-10(24)5-8-3-2-4-30-8)9-6-31-15-12(29-17(18,19)20)14(25)22(15)11(9)16(26)27/h2-4,12-13,15H,5-6H2,1H3,(H,21,24)(H,26,27)/t12-,13?,15+/m0/s1. The van der Waals surface area contributed by atoms with E-state index in [4.69, 9.17) is 4.74 Å². The molecule has 31 heavy (non-hydrogen) atoms. The summed E-state index contributed by atoms with van der Waals surface area (Å²) in [5.41, 5.74) is -0.791. The number of esters is 1. The number of rotatable bonds is 7. The fraction of sp³-hybridized carbons (Fsp3) is 0.412. The maximum absolute atomic E-state index is 12.5. The number of ether oxygens (including phenoxy) is 2. The van der Waals surface area contributed by atoms with Crippen LogP contribution in [0.5, 0.6) is 0 Å². The number of carboxylic acids is 1. The molecule has 1 saturated heterocycles. The molecule has 14 heteroatoms. The van der Waals surface area contributed by atoms with Crippen molar-refractivity contribution in [2.45, 2.75) is 37.4 Å². The maximum Gasteiger partial charge on any atom is 0.523 e. The van der Waals surface area contributed by atoms with E-state index in [0.29, 0.717) is 9.78 Å². The number of nitrogens with one attached hydrogen (secondary N) is 1. The first-order chi connectivity index (χ1) is 14.5. The molecule has 1 unspecified atom stereocenters. The fourth-order valence-electron chi connectivity index (χ4n) is 3.05. The molecule has 0 bridgehead atoms. The Morgan fingerprint density at radius 1 is 1.39 bits per heavy atom. The molecule has 2 aliphatic rings. The highest BCUT2D eigenvalue weighted by Crippen LogP contribution is 2.44. The number of aliphatic carboxylic acids is 1. The van der Waals surface area contributed by atoms with Crippen LogP contribution in [0, 0.1) is 0 Å². The van der Waals surface area contributed by atoms with Gasteiger partial charge < -0.3 is 15.2 Å². The lowest BCUT2D eigenvalue weighted by atomic mass is 10.0. The Kier molecular flexibility index (Phi) is 6.62. The monoisotopic (exact) mass is 480 g/mol. The average Bonchev–Trinajstić information content (AvgIpc) is 3.16. The van der Waals surface area contributed by atoms with Crippen molar-refractivity contribution >= 4 is 46.9 Å². The van der Waals surface area contributed by atoms with E-state index in [-0.39, 0.29) is 17.7 Å². The Labute approximate surface area is 181 Å². The number of fused-ring (bicyclic) bond motifs is 1. The fourth-order valence-corrected chi connectivity index (χ4v) is 5.10. The second-order valence-electron chi connectivity index (χ2n) is 6.39. The number of carbonyl (C=O) groups excluding carboxylic acids is 3. The third-order valence-corrected chi connectivity index (χ3v) is 6.37. The molecular formula is C17H15F3N2O7S2. The van der Waals surface area contributed by atoms with E-state index in [2.05, 4.69) is 10.1 Å². The minimum absolute atomic E-state index is 0.0645. The van der Waals surface area contributed by atoms with Gasteiger partial charge >= 0.3 is 18.3 Å². The third-order valence-electron chi connectivity index (χ3n) is 4.22. The number of carbonyl (C=O) groups is 4. The van der Waals surface area contributed by atoms with Crippen molar-refractivity contribution in [1.29, 1.82) is 0 Å². The third kappa shape index (κ3) is 5.19. The van der Waals surface area contributed by atoms with Gasteiger partial charge in [-0.15, -0.1) is 36.3 Å². The number of hydrogen-bond acceptors (Lipinski definition) is 8. The Morgan fingerprint density at radius 3 is 2.65 bits per heavy atom. The highest BCUT2D eigenvalue weighted by atomic mass is 32.2. The van der Waals surface area contributed by atoms with Crippen LogP contribution in [0.4, 0.5) is 13.2 Å². The number of hydrogen-bond donors (Lipinski definition) is 2. The van der Waals surface area contributed by atoms with E-state index in [9.17, 15) is 37.5 Å². The van der Waals surface area contributed by atoms with Gasteiger partial charge in [-0.1, -0.05) is 6.07 Å². The average molecular weight is 480 g/mol. The van der Waals surface area contributed by atoms with Gasteiger partial charge in [0.05, 0.1) is 6.42 Å². The molecular weight excluding hydrogens is 465 g/mol. The van der Waals surface area contributed by atoms with E-state index in [0.717, 1.165) is 18.7 Å². The van der Waals surface area contributed by atoms with E-state index in [1.807, 2.05) is 0 Å². The molecule has 3 atom stereocenters. The van der Waals surface area contributed by atoms with Gasteiger partial charge in [0, 0.05) is 23.1 Å². The van der Waals surface area contributed by atoms with Crippen molar-refractivity contribution in [2.24, 2.45) is 0 Å². The van der Waals surface area contributed by atoms with Crippen molar-refractivity contribution in [1.82, 2.24) is 10.2 Å². The van der Waals surface area contributed by atoms with Crippen LogP contribution in [0.15, 0.2) is 28.8 Å². The van der Waals surface area contributed by atoms with Gasteiger partial charge in [-0.25, -0.2) is 4.79 Å². The summed E-state index contributed by atoms with van der Waals surface area (Å²) in [5, 5.41) is 12.6. The van der Waals surface area contributed by atoms with E-state index < -0.39 is 53.5 Å². The number of alkyl halides is 3. The summed E-state index contributed by atoms with van der Waals surface area (Å²) in [6.07, 6.45) is -8.54. The number of β-lactam (4-membered cyclic amide) rings is 1. The van der Waals surface area contributed by atoms with Crippen LogP contribution in [0.2, 0.25) is 0 Å². The highest BCUT2D eigenvalue weighted by Gasteiger charge is 2.58. The van der Waals surface area contributed by atoms with Gasteiger partial charge in [0.1, 0.15) is 11.1 Å². The number of nitrogens with zero attached hydrogens (tertiary/aromatic N) is 1. The molecule has 0 radical (unpaired) electrons. The zero-order valence-corrected chi connectivity index (χ0v) is 17.3. The minimum atomic E-state index is -5.07. The molecule has 3 rings (SSSR count). The van der Waals surface area contributed by atoms with Crippen molar-refractivity contribution in [3.63, 3.8) is 0 Å². The van der Waals surface area contributed by atoms with Crippen LogP contribution in [-0.2, 0) is 35.1 Å². The summed E-state index contributed by atoms with van der Waals surface area (Å²) in [6, 6.07) is 3.43. The molecule has 1 aromatic heterocycles. The van der Waals surface area contributed by atoms with Crippen LogP contribution in [0.1, 0.15) is 11.8 Å². The van der Waals surface area contributed by atoms with E-state index in [1.165, 1.54) is 11.3 Å². The van der Waals surface area contributed by atoms with Gasteiger partial charge in [-0.2, -0.15) is 0 Å². The highest BCUT2D eigenvalue weighted by molar-refractivity contribution is 8.00. The normalized spacial score (nSPS) is 21.8. The van der Waals surface area contributed by atoms with Gasteiger partial charge in [-0.05, 0) is 11.4 Å². The number of amides is 2. The lowest BCUT2D eigenvalue weighted by Crippen LogP contribution is -2.67. The molecule has 1 fully saturated rings. The minimum Gasteiger partial charge on any atom is -0.477 e. The van der Waals surface area contributed by atoms with Crippen LogP contribution < -0.4 is 5.32 Å². The van der Waals surface area contributed by atoms with Crippen molar-refractivity contribution in [2.75, 3.05) is 5.75 Å². The van der Waals surface area contributed by atoms with E-state index in [1.54, 1.807) is 17.5 Å². The van der Waals surface area contributed by atoms with Crippen molar-refractivity contribution in [3.05, 3.63) is 33.7 Å².